The second kappa shape index (κ2) is 4.10. The zero-order chi connectivity index (χ0) is 12.8. The Hall–Kier alpha value is -1.34. The van der Waals surface area contributed by atoms with Gasteiger partial charge in [-0.3, -0.25) is 0 Å². The van der Waals surface area contributed by atoms with Crippen LogP contribution in [-0.4, -0.2) is 8.07 Å². The van der Waals surface area contributed by atoms with Gasteiger partial charge >= 0.3 is 0 Å². The maximum Gasteiger partial charge on any atom is 0.0487 e. The molecular formula is C17H20Si. The highest BCUT2D eigenvalue weighted by molar-refractivity contribution is 6.77. The van der Waals surface area contributed by atoms with Gasteiger partial charge in [0, 0.05) is 8.07 Å². The number of hydrogen-bond acceptors (Lipinski definition) is 0. The molecule has 2 aromatic carbocycles. The summed E-state index contributed by atoms with van der Waals surface area (Å²) in [5, 5.41) is 2.82. The van der Waals surface area contributed by atoms with E-state index in [2.05, 4.69) is 62.1 Å². The van der Waals surface area contributed by atoms with Crippen molar-refractivity contribution in [3.63, 3.8) is 0 Å². The van der Waals surface area contributed by atoms with Gasteiger partial charge in [-0.15, -0.1) is 0 Å². The fraction of sp³-hybridized carbons (Fsp3) is 0.294. The van der Waals surface area contributed by atoms with E-state index in [1.807, 2.05) is 0 Å². The van der Waals surface area contributed by atoms with Crippen LogP contribution in [0.5, 0.6) is 0 Å². The molecule has 0 unspecified atom stereocenters. The molecule has 0 N–H and O–H groups in total. The van der Waals surface area contributed by atoms with Crippen LogP contribution in [0.3, 0.4) is 0 Å². The van der Waals surface area contributed by atoms with Crippen LogP contribution in [0, 0.1) is 0 Å². The Bertz CT molecular complexity index is 630. The maximum absolute atomic E-state index is 2.46. The van der Waals surface area contributed by atoms with Gasteiger partial charge in [0.25, 0.3) is 0 Å². The van der Waals surface area contributed by atoms with Crippen molar-refractivity contribution in [3.8, 4) is 0 Å². The average molecular weight is 252 g/mol. The van der Waals surface area contributed by atoms with Gasteiger partial charge in [-0.2, -0.15) is 0 Å². The Morgan fingerprint density at radius 1 is 1.00 bits per heavy atom. The van der Waals surface area contributed by atoms with Gasteiger partial charge in [0.05, 0.1) is 0 Å². The summed E-state index contributed by atoms with van der Waals surface area (Å²) in [6.07, 6.45) is 3.58. The lowest BCUT2D eigenvalue weighted by Gasteiger charge is -2.18. The van der Waals surface area contributed by atoms with E-state index in [-0.39, 0.29) is 0 Å². The van der Waals surface area contributed by atoms with Gasteiger partial charge in [0.2, 0.25) is 0 Å². The molecule has 0 fully saturated rings. The topological polar surface area (TPSA) is 0 Å². The molecule has 0 heterocycles. The van der Waals surface area contributed by atoms with E-state index in [9.17, 15) is 0 Å². The number of rotatable bonds is 2. The molecule has 1 aliphatic rings. The minimum atomic E-state index is -1.05. The van der Waals surface area contributed by atoms with Crippen LogP contribution in [0.2, 0.25) is 25.7 Å². The molecule has 0 amide bonds. The molecule has 1 heteroatoms. The zero-order valence-electron chi connectivity index (χ0n) is 11.5. The molecule has 1 aliphatic carbocycles. The highest BCUT2D eigenvalue weighted by atomic mass is 28.3. The predicted molar refractivity (Wildman–Crippen MR) is 83.8 cm³/mol. The first-order chi connectivity index (χ1) is 8.54. The smallest absolute Gasteiger partial charge is 0.0487 e. The van der Waals surface area contributed by atoms with Crippen LogP contribution in [0.25, 0.3) is 16.3 Å². The summed E-state index contributed by atoms with van der Waals surface area (Å²) in [6, 6.07) is 14.7. The zero-order valence-corrected chi connectivity index (χ0v) is 12.5. The van der Waals surface area contributed by atoms with Crippen molar-refractivity contribution in [1.82, 2.24) is 0 Å². The van der Waals surface area contributed by atoms with Crippen LogP contribution in [0.1, 0.15) is 11.1 Å². The molecule has 0 nitrogen and oxygen atoms in total. The average Bonchev–Trinajstić information content (AvgIpc) is 2.70. The molecule has 18 heavy (non-hydrogen) atoms. The van der Waals surface area contributed by atoms with Gasteiger partial charge in [-0.05, 0) is 39.9 Å². The second-order valence-corrected chi connectivity index (χ2v) is 12.0. The molecule has 0 radical (unpaired) electrons. The van der Waals surface area contributed by atoms with E-state index in [0.717, 1.165) is 6.42 Å². The molecule has 0 aromatic heterocycles. The quantitative estimate of drug-likeness (QED) is 0.651. The Balaban J connectivity index is 2.15. The first-order valence-electron chi connectivity index (χ1n) is 6.75. The minimum Gasteiger partial charge on any atom is -0.0766 e. The van der Waals surface area contributed by atoms with Crippen molar-refractivity contribution in [2.45, 2.75) is 32.1 Å². The SMILES string of the molecule is C[Si](C)(C)CC1=CCc2ccc3ccccc3c21. The van der Waals surface area contributed by atoms with Crippen molar-refractivity contribution < 1.29 is 0 Å². The van der Waals surface area contributed by atoms with Crippen LogP contribution < -0.4 is 0 Å². The third-order valence-electron chi connectivity index (χ3n) is 3.63. The van der Waals surface area contributed by atoms with Crippen LogP contribution in [0.15, 0.2) is 42.5 Å². The lowest BCUT2D eigenvalue weighted by molar-refractivity contribution is 1.32. The Morgan fingerprint density at radius 3 is 2.56 bits per heavy atom. The summed E-state index contributed by atoms with van der Waals surface area (Å²) < 4.78 is 0. The summed E-state index contributed by atoms with van der Waals surface area (Å²) in [4.78, 5) is 0. The van der Waals surface area contributed by atoms with E-state index in [4.69, 9.17) is 0 Å². The largest absolute Gasteiger partial charge is 0.0766 e. The molecule has 0 atom stereocenters. The number of benzene rings is 2. The summed E-state index contributed by atoms with van der Waals surface area (Å²) in [5.74, 6) is 0. The molecule has 0 aliphatic heterocycles. The van der Waals surface area contributed by atoms with Crippen LogP contribution in [-0.2, 0) is 6.42 Å². The third kappa shape index (κ3) is 2.03. The second-order valence-electron chi connectivity index (χ2n) is 6.49. The Morgan fingerprint density at radius 2 is 1.78 bits per heavy atom. The summed E-state index contributed by atoms with van der Waals surface area (Å²) in [7, 11) is -1.05. The molecule has 3 rings (SSSR count). The first kappa shape index (κ1) is 11.7. The lowest BCUT2D eigenvalue weighted by Crippen LogP contribution is -2.19. The van der Waals surface area contributed by atoms with Gasteiger partial charge in [-0.25, -0.2) is 0 Å². The van der Waals surface area contributed by atoms with E-state index in [1.54, 1.807) is 5.57 Å². The number of hydrogen-bond donors (Lipinski definition) is 0. The van der Waals surface area contributed by atoms with E-state index < -0.39 is 8.07 Å². The molecular weight excluding hydrogens is 232 g/mol. The van der Waals surface area contributed by atoms with E-state index in [1.165, 1.54) is 27.9 Å². The van der Waals surface area contributed by atoms with E-state index in [0.29, 0.717) is 0 Å². The fourth-order valence-electron chi connectivity index (χ4n) is 2.93. The highest BCUT2D eigenvalue weighted by Gasteiger charge is 2.22. The minimum absolute atomic E-state index is 1.05. The lowest BCUT2D eigenvalue weighted by atomic mass is 9.98. The Labute approximate surface area is 110 Å². The van der Waals surface area contributed by atoms with Crippen LogP contribution >= 0.6 is 0 Å². The summed E-state index contributed by atoms with van der Waals surface area (Å²) in [6.45, 7) is 7.37. The van der Waals surface area contributed by atoms with Gasteiger partial charge < -0.3 is 0 Å². The molecule has 2 aromatic rings. The summed E-state index contributed by atoms with van der Waals surface area (Å²) in [5.41, 5.74) is 4.65. The molecule has 0 bridgehead atoms. The first-order valence-corrected chi connectivity index (χ1v) is 10.5. The monoisotopic (exact) mass is 252 g/mol. The molecule has 92 valence electrons. The van der Waals surface area contributed by atoms with E-state index >= 15 is 0 Å². The van der Waals surface area contributed by atoms with Crippen molar-refractivity contribution in [3.05, 3.63) is 53.6 Å². The maximum atomic E-state index is 2.46. The number of allylic oxidation sites excluding steroid dienone is 2. The van der Waals surface area contributed by atoms with Gasteiger partial charge in [0.15, 0.2) is 0 Å². The van der Waals surface area contributed by atoms with Crippen molar-refractivity contribution in [2.24, 2.45) is 0 Å². The highest BCUT2D eigenvalue weighted by Crippen LogP contribution is 2.38. The van der Waals surface area contributed by atoms with Crippen LogP contribution in [0.4, 0.5) is 0 Å². The fourth-order valence-corrected chi connectivity index (χ4v) is 4.40. The predicted octanol–water partition coefficient (Wildman–Crippen LogP) is 5.12. The van der Waals surface area contributed by atoms with Crippen molar-refractivity contribution in [2.75, 3.05) is 0 Å². The standard InChI is InChI=1S/C17H20Si/c1-18(2,3)12-15-11-10-14-9-8-13-6-4-5-7-16(13)17(14)15/h4-9,11H,10,12H2,1-3H3. The molecule has 0 saturated carbocycles. The van der Waals surface area contributed by atoms with Gasteiger partial charge in [0.1, 0.15) is 0 Å². The third-order valence-corrected chi connectivity index (χ3v) is 5.07. The summed E-state index contributed by atoms with van der Waals surface area (Å²) >= 11 is 0. The Kier molecular flexibility index (Phi) is 2.67. The van der Waals surface area contributed by atoms with Crippen molar-refractivity contribution >= 4 is 24.4 Å². The van der Waals surface area contributed by atoms with Crippen molar-refractivity contribution in [1.29, 1.82) is 0 Å². The molecule has 0 spiro atoms. The molecule has 0 saturated heterocycles. The normalized spacial score (nSPS) is 14.7. The van der Waals surface area contributed by atoms with Gasteiger partial charge in [-0.1, -0.05) is 62.1 Å². The number of fused-ring (bicyclic) bond motifs is 3.